The lowest BCUT2D eigenvalue weighted by Gasteiger charge is -2.06. The van der Waals surface area contributed by atoms with Crippen molar-refractivity contribution in [2.45, 2.75) is 26.4 Å². The van der Waals surface area contributed by atoms with Crippen LogP contribution >= 0.6 is 0 Å². The number of aliphatic hydroxyl groups excluding tert-OH is 1. The quantitative estimate of drug-likeness (QED) is 0.719. The monoisotopic (exact) mass is 168 g/mol. The second-order valence-corrected chi connectivity index (χ2v) is 2.88. The van der Waals surface area contributed by atoms with Crippen molar-refractivity contribution in [3.05, 3.63) is 35.1 Å². The fraction of sp³-hybridized carbons (Fsp3) is 0.400. The van der Waals surface area contributed by atoms with Gasteiger partial charge in [0.2, 0.25) is 0 Å². The molecule has 0 aliphatic heterocycles. The summed E-state index contributed by atoms with van der Waals surface area (Å²) in [6.07, 6.45) is 0.141. The Bertz CT molecular complexity index is 269. The summed E-state index contributed by atoms with van der Waals surface area (Å²) < 4.78 is 13.0. The minimum absolute atomic E-state index is 0.193. The molecule has 1 aromatic carbocycles. The Kier molecular flexibility index (Phi) is 2.82. The molecule has 1 N–H and O–H groups in total. The largest absolute Gasteiger partial charge is 0.389 e. The smallest absolute Gasteiger partial charge is 0.126 e. The zero-order chi connectivity index (χ0) is 9.14. The Morgan fingerprint density at radius 3 is 2.67 bits per heavy atom. The van der Waals surface area contributed by atoms with Crippen molar-refractivity contribution in [1.82, 2.24) is 0 Å². The van der Waals surface area contributed by atoms with Crippen LogP contribution in [0.5, 0.6) is 0 Å². The zero-order valence-electron chi connectivity index (χ0n) is 7.34. The van der Waals surface area contributed by atoms with E-state index in [1.165, 1.54) is 6.07 Å². The Morgan fingerprint density at radius 2 is 2.17 bits per heavy atom. The number of hydrogen-bond acceptors (Lipinski definition) is 1. The number of halogens is 1. The van der Waals surface area contributed by atoms with Gasteiger partial charge in [0.05, 0.1) is 6.10 Å². The molecule has 0 amide bonds. The molecule has 0 aliphatic carbocycles. The van der Waals surface area contributed by atoms with E-state index in [9.17, 15) is 9.50 Å². The molecule has 0 spiro atoms. The Morgan fingerprint density at radius 1 is 1.50 bits per heavy atom. The number of hydrogen-bond donors (Lipinski definition) is 1. The molecule has 0 aromatic heterocycles. The van der Waals surface area contributed by atoms with Crippen molar-refractivity contribution in [3.63, 3.8) is 0 Å². The van der Waals surface area contributed by atoms with Crippen LogP contribution in [-0.4, -0.2) is 5.11 Å². The maximum absolute atomic E-state index is 13.0. The van der Waals surface area contributed by atoms with E-state index in [-0.39, 0.29) is 5.82 Å². The SMILES string of the molecule is CCc1cc(C(C)O)ccc1F. The van der Waals surface area contributed by atoms with Crippen LogP contribution in [0, 0.1) is 5.82 Å². The third kappa shape index (κ3) is 1.83. The Balaban J connectivity index is 3.05. The van der Waals surface area contributed by atoms with Gasteiger partial charge in [-0.25, -0.2) is 4.39 Å². The third-order valence-corrected chi connectivity index (χ3v) is 1.93. The highest BCUT2D eigenvalue weighted by molar-refractivity contribution is 5.26. The highest BCUT2D eigenvalue weighted by Gasteiger charge is 2.04. The first-order valence-corrected chi connectivity index (χ1v) is 4.11. The molecule has 1 aromatic rings. The van der Waals surface area contributed by atoms with Gasteiger partial charge in [-0.15, -0.1) is 0 Å². The summed E-state index contributed by atoms with van der Waals surface area (Å²) >= 11 is 0. The second-order valence-electron chi connectivity index (χ2n) is 2.88. The molecule has 0 aliphatic rings. The number of aryl methyl sites for hydroxylation is 1. The standard InChI is InChI=1S/C10H13FO/c1-3-8-6-9(7(2)12)4-5-10(8)11/h4-7,12H,3H2,1-2H3. The molecular formula is C10H13FO. The summed E-state index contributed by atoms with van der Waals surface area (Å²) in [7, 11) is 0. The Labute approximate surface area is 71.9 Å². The number of aliphatic hydroxyl groups is 1. The van der Waals surface area contributed by atoms with Crippen LogP contribution in [0.4, 0.5) is 4.39 Å². The van der Waals surface area contributed by atoms with Gasteiger partial charge in [-0.3, -0.25) is 0 Å². The van der Waals surface area contributed by atoms with Gasteiger partial charge in [-0.05, 0) is 30.5 Å². The van der Waals surface area contributed by atoms with Crippen LogP contribution in [0.1, 0.15) is 31.1 Å². The van der Waals surface area contributed by atoms with Crippen molar-refractivity contribution in [1.29, 1.82) is 0 Å². The zero-order valence-corrected chi connectivity index (χ0v) is 7.34. The molecule has 2 heteroatoms. The van der Waals surface area contributed by atoms with E-state index in [1.54, 1.807) is 19.1 Å². The lowest BCUT2D eigenvalue weighted by atomic mass is 10.1. The fourth-order valence-electron chi connectivity index (χ4n) is 1.13. The summed E-state index contributed by atoms with van der Waals surface area (Å²) in [5, 5.41) is 9.21. The molecule has 0 radical (unpaired) electrons. The highest BCUT2D eigenvalue weighted by atomic mass is 19.1. The van der Waals surface area contributed by atoms with Crippen molar-refractivity contribution >= 4 is 0 Å². The van der Waals surface area contributed by atoms with Gasteiger partial charge in [-0.2, -0.15) is 0 Å². The predicted molar refractivity (Wildman–Crippen MR) is 46.4 cm³/mol. The van der Waals surface area contributed by atoms with Gasteiger partial charge >= 0.3 is 0 Å². The molecule has 0 saturated carbocycles. The van der Waals surface area contributed by atoms with Crippen LogP contribution in [0.15, 0.2) is 18.2 Å². The van der Waals surface area contributed by atoms with E-state index in [0.29, 0.717) is 12.0 Å². The van der Waals surface area contributed by atoms with Crippen LogP contribution in [0.2, 0.25) is 0 Å². The predicted octanol–water partition coefficient (Wildman–Crippen LogP) is 2.44. The van der Waals surface area contributed by atoms with E-state index in [4.69, 9.17) is 0 Å². The van der Waals surface area contributed by atoms with Gasteiger partial charge in [-0.1, -0.05) is 19.1 Å². The lowest BCUT2D eigenvalue weighted by Crippen LogP contribution is -1.95. The minimum Gasteiger partial charge on any atom is -0.389 e. The fourth-order valence-corrected chi connectivity index (χ4v) is 1.13. The molecule has 0 fully saturated rings. The first-order chi connectivity index (χ1) is 5.65. The van der Waals surface area contributed by atoms with Crippen LogP contribution in [-0.2, 0) is 6.42 Å². The second kappa shape index (κ2) is 3.68. The highest BCUT2D eigenvalue weighted by Crippen LogP contribution is 2.16. The van der Waals surface area contributed by atoms with Crippen molar-refractivity contribution < 1.29 is 9.50 Å². The molecule has 1 atom stereocenters. The first-order valence-electron chi connectivity index (χ1n) is 4.11. The van der Waals surface area contributed by atoms with Crippen molar-refractivity contribution in [2.24, 2.45) is 0 Å². The molecule has 1 nitrogen and oxygen atoms in total. The lowest BCUT2D eigenvalue weighted by molar-refractivity contribution is 0.199. The topological polar surface area (TPSA) is 20.2 Å². The first kappa shape index (κ1) is 9.20. The average molecular weight is 168 g/mol. The van der Waals surface area contributed by atoms with E-state index < -0.39 is 6.10 Å². The molecule has 66 valence electrons. The van der Waals surface area contributed by atoms with E-state index >= 15 is 0 Å². The van der Waals surface area contributed by atoms with Gasteiger partial charge < -0.3 is 5.11 Å². The van der Waals surface area contributed by atoms with Gasteiger partial charge in [0, 0.05) is 0 Å². The third-order valence-electron chi connectivity index (χ3n) is 1.93. The normalized spacial score (nSPS) is 13.0. The summed E-state index contributed by atoms with van der Waals surface area (Å²) in [4.78, 5) is 0. The van der Waals surface area contributed by atoms with E-state index in [2.05, 4.69) is 0 Å². The van der Waals surface area contributed by atoms with Gasteiger partial charge in [0.25, 0.3) is 0 Å². The summed E-state index contributed by atoms with van der Waals surface area (Å²) in [5.41, 5.74) is 1.43. The van der Waals surface area contributed by atoms with Gasteiger partial charge in [0.15, 0.2) is 0 Å². The molecule has 12 heavy (non-hydrogen) atoms. The van der Waals surface area contributed by atoms with Crippen LogP contribution in [0.3, 0.4) is 0 Å². The summed E-state index contributed by atoms with van der Waals surface area (Å²) in [5.74, 6) is -0.193. The minimum atomic E-state index is -0.518. The summed E-state index contributed by atoms with van der Waals surface area (Å²) in [6.45, 7) is 3.57. The molecule has 1 unspecified atom stereocenters. The molecule has 1 rings (SSSR count). The van der Waals surface area contributed by atoms with Crippen molar-refractivity contribution in [3.8, 4) is 0 Å². The molecular weight excluding hydrogens is 155 g/mol. The Hall–Kier alpha value is -0.890. The molecule has 0 heterocycles. The molecule has 0 saturated heterocycles. The van der Waals surface area contributed by atoms with Crippen LogP contribution in [0.25, 0.3) is 0 Å². The van der Waals surface area contributed by atoms with E-state index in [0.717, 1.165) is 5.56 Å². The number of benzene rings is 1. The maximum atomic E-state index is 13.0. The van der Waals surface area contributed by atoms with Crippen LogP contribution < -0.4 is 0 Å². The van der Waals surface area contributed by atoms with E-state index in [1.807, 2.05) is 6.92 Å². The maximum Gasteiger partial charge on any atom is 0.126 e. The van der Waals surface area contributed by atoms with Crippen molar-refractivity contribution in [2.75, 3.05) is 0 Å². The number of rotatable bonds is 2. The summed E-state index contributed by atoms with van der Waals surface area (Å²) in [6, 6.07) is 4.72. The van der Waals surface area contributed by atoms with Gasteiger partial charge in [0.1, 0.15) is 5.82 Å². The average Bonchev–Trinajstić information content (AvgIpc) is 2.05. The molecule has 0 bridgehead atoms.